The average Bonchev–Trinajstić information content (AvgIpc) is 3.28. The van der Waals surface area contributed by atoms with Crippen LogP contribution in [0.15, 0.2) is 46.4 Å². The number of carbonyl (C=O) groups is 1. The van der Waals surface area contributed by atoms with Crippen molar-refractivity contribution in [2.45, 2.75) is 57.0 Å². The van der Waals surface area contributed by atoms with Crippen LogP contribution >= 0.6 is 0 Å². The molecule has 11 nitrogen and oxygen atoms in total. The zero-order chi connectivity index (χ0) is 29.1. The van der Waals surface area contributed by atoms with Gasteiger partial charge in [0.15, 0.2) is 11.5 Å². The van der Waals surface area contributed by atoms with E-state index in [-0.39, 0.29) is 42.2 Å². The van der Waals surface area contributed by atoms with Crippen LogP contribution in [-0.2, 0) is 26.0 Å². The maximum absolute atomic E-state index is 14.2. The molecule has 0 aliphatic heterocycles. The molecule has 0 amide bonds. The van der Waals surface area contributed by atoms with Crippen molar-refractivity contribution >= 4 is 26.9 Å². The monoisotopic (exact) mass is 570 g/mol. The lowest BCUT2D eigenvalue weighted by Crippen LogP contribution is -2.37. The third-order valence-electron chi connectivity index (χ3n) is 7.64. The van der Waals surface area contributed by atoms with Gasteiger partial charge < -0.3 is 19.3 Å². The van der Waals surface area contributed by atoms with Gasteiger partial charge in [-0.3, -0.25) is 4.79 Å². The molecule has 12 heteroatoms. The van der Waals surface area contributed by atoms with E-state index < -0.39 is 27.5 Å². The first-order chi connectivity index (χ1) is 19.1. The number of aromatic nitrogens is 1. The molecule has 1 aliphatic rings. The van der Waals surface area contributed by atoms with Crippen molar-refractivity contribution in [1.29, 1.82) is 0 Å². The quantitative estimate of drug-likeness (QED) is 0.109. The summed E-state index contributed by atoms with van der Waals surface area (Å²) >= 11 is 0. The molecular weight excluding hydrogens is 536 g/mol. The topological polar surface area (TPSA) is 153 Å². The van der Waals surface area contributed by atoms with Crippen molar-refractivity contribution in [3.63, 3.8) is 0 Å². The number of benzene rings is 2. The smallest absolute Gasteiger partial charge is 0.306 e. The lowest BCUT2D eigenvalue weighted by Gasteiger charge is -2.41. The second kappa shape index (κ2) is 11.8. The van der Waals surface area contributed by atoms with Crippen LogP contribution < -0.4 is 9.47 Å². The lowest BCUT2D eigenvalue weighted by atomic mass is 9.66. The number of azide groups is 1. The van der Waals surface area contributed by atoms with Crippen LogP contribution in [0.5, 0.6) is 11.5 Å². The molecule has 0 fully saturated rings. The number of nitrogens with zero attached hydrogens (tertiary/aromatic N) is 4. The molecule has 1 N–H and O–H groups in total. The molecule has 40 heavy (non-hydrogen) atoms. The van der Waals surface area contributed by atoms with Crippen LogP contribution in [0.3, 0.4) is 0 Å². The Kier molecular flexibility index (Phi) is 8.62. The third kappa shape index (κ3) is 5.10. The summed E-state index contributed by atoms with van der Waals surface area (Å²) in [4.78, 5) is 15.6. The molecule has 0 radical (unpaired) electrons. The summed E-state index contributed by atoms with van der Waals surface area (Å²) < 4.78 is 46.1. The van der Waals surface area contributed by atoms with Crippen molar-refractivity contribution in [2.75, 3.05) is 27.4 Å². The highest BCUT2D eigenvalue weighted by molar-refractivity contribution is 7.90. The van der Waals surface area contributed by atoms with E-state index in [1.54, 1.807) is 43.3 Å². The molecule has 214 valence electrons. The molecule has 2 aromatic carbocycles. The van der Waals surface area contributed by atoms with Gasteiger partial charge in [-0.2, -0.15) is 0 Å². The van der Waals surface area contributed by atoms with Crippen LogP contribution in [0.2, 0.25) is 0 Å². The Morgan fingerprint density at radius 1 is 1.20 bits per heavy atom. The predicted molar refractivity (Wildman–Crippen MR) is 149 cm³/mol. The fourth-order valence-electron chi connectivity index (χ4n) is 5.74. The molecule has 0 spiro atoms. The Labute approximate surface area is 233 Å². The molecular formula is C28H34N4O7S. The molecule has 0 bridgehead atoms. The minimum Gasteiger partial charge on any atom is -0.493 e. The van der Waals surface area contributed by atoms with Crippen LogP contribution in [0, 0.1) is 12.3 Å². The second-order valence-electron chi connectivity index (χ2n) is 9.94. The third-order valence-corrected chi connectivity index (χ3v) is 9.39. The van der Waals surface area contributed by atoms with Crippen LogP contribution in [-0.4, -0.2) is 50.8 Å². The van der Waals surface area contributed by atoms with E-state index in [0.717, 1.165) is 5.56 Å². The summed E-state index contributed by atoms with van der Waals surface area (Å²) in [5.41, 5.74) is 9.78. The van der Waals surface area contributed by atoms with Gasteiger partial charge in [0.1, 0.15) is 5.52 Å². The van der Waals surface area contributed by atoms with E-state index in [1.807, 2.05) is 6.92 Å². The van der Waals surface area contributed by atoms with E-state index in [2.05, 4.69) is 10.0 Å². The Balaban J connectivity index is 1.99. The van der Waals surface area contributed by atoms with Gasteiger partial charge in [-0.1, -0.05) is 22.8 Å². The Morgan fingerprint density at radius 2 is 1.93 bits per heavy atom. The van der Waals surface area contributed by atoms with Gasteiger partial charge in [0.25, 0.3) is 10.0 Å². The molecule has 0 saturated carbocycles. The van der Waals surface area contributed by atoms with E-state index in [4.69, 9.17) is 19.7 Å². The molecule has 3 aromatic rings. The maximum atomic E-state index is 14.2. The molecule has 2 atom stereocenters. The summed E-state index contributed by atoms with van der Waals surface area (Å²) in [5.74, 6) is 0.104. The number of methoxy groups -OCH3 is 2. The van der Waals surface area contributed by atoms with Crippen LogP contribution in [0.4, 0.5) is 0 Å². The van der Waals surface area contributed by atoms with Gasteiger partial charge in [0.05, 0.1) is 38.2 Å². The number of carbonyl (C=O) groups excluding carboxylic acids is 1. The van der Waals surface area contributed by atoms with Crippen molar-refractivity contribution < 1.29 is 32.5 Å². The number of aryl methyl sites for hydroxylation is 1. The summed E-state index contributed by atoms with van der Waals surface area (Å²) in [6, 6.07) is 9.93. The zero-order valence-corrected chi connectivity index (χ0v) is 23.9. The van der Waals surface area contributed by atoms with Crippen molar-refractivity contribution in [2.24, 2.45) is 10.5 Å². The number of fused-ring (bicyclic) bond motifs is 3. The first-order valence-electron chi connectivity index (χ1n) is 13.1. The number of ether oxygens (including phenoxy) is 3. The number of esters is 1. The zero-order valence-electron chi connectivity index (χ0n) is 23.1. The van der Waals surface area contributed by atoms with Gasteiger partial charge in [-0.25, -0.2) is 12.4 Å². The van der Waals surface area contributed by atoms with E-state index in [9.17, 15) is 18.3 Å². The Hall–Kier alpha value is -3.73. The molecule has 4 rings (SSSR count). The molecule has 1 heterocycles. The van der Waals surface area contributed by atoms with Gasteiger partial charge in [0.2, 0.25) is 0 Å². The average molecular weight is 571 g/mol. The van der Waals surface area contributed by atoms with Crippen LogP contribution in [0.1, 0.15) is 55.5 Å². The number of rotatable bonds is 11. The van der Waals surface area contributed by atoms with E-state index >= 15 is 0 Å². The second-order valence-corrected chi connectivity index (χ2v) is 11.7. The first kappa shape index (κ1) is 29.3. The van der Waals surface area contributed by atoms with Crippen molar-refractivity contribution in [3.05, 3.63) is 63.7 Å². The minimum atomic E-state index is -4.13. The fraction of sp³-hybridized carbons (Fsp3) is 0.464. The number of aliphatic hydroxyl groups excluding tert-OH is 1. The van der Waals surface area contributed by atoms with Crippen molar-refractivity contribution in [1.82, 2.24) is 3.97 Å². The van der Waals surface area contributed by atoms with Crippen molar-refractivity contribution in [3.8, 4) is 11.5 Å². The summed E-state index contributed by atoms with van der Waals surface area (Å²) in [7, 11) is -1.23. The summed E-state index contributed by atoms with van der Waals surface area (Å²) in [6.45, 7) is 3.98. The molecule has 0 saturated heterocycles. The van der Waals surface area contributed by atoms with Gasteiger partial charge in [-0.15, -0.1) is 0 Å². The summed E-state index contributed by atoms with van der Waals surface area (Å²) in [6.07, 6.45) is 0.113. The largest absolute Gasteiger partial charge is 0.493 e. The number of hydrogen-bond acceptors (Lipinski definition) is 8. The van der Waals surface area contributed by atoms with E-state index in [0.29, 0.717) is 41.7 Å². The highest BCUT2D eigenvalue weighted by Crippen LogP contribution is 2.54. The number of hydrogen-bond donors (Lipinski definition) is 1. The summed E-state index contributed by atoms with van der Waals surface area (Å²) in [5, 5.41) is 16.1. The van der Waals surface area contributed by atoms with Crippen LogP contribution in [0.25, 0.3) is 21.3 Å². The Morgan fingerprint density at radius 3 is 2.55 bits per heavy atom. The molecule has 1 unspecified atom stereocenters. The van der Waals surface area contributed by atoms with Gasteiger partial charge in [0, 0.05) is 33.5 Å². The highest BCUT2D eigenvalue weighted by Gasteiger charge is 2.47. The van der Waals surface area contributed by atoms with Gasteiger partial charge >= 0.3 is 5.97 Å². The molecule has 1 aromatic heterocycles. The fourth-order valence-corrected chi connectivity index (χ4v) is 7.34. The first-order valence-corrected chi connectivity index (χ1v) is 14.5. The number of aliphatic hydroxyl groups is 1. The minimum absolute atomic E-state index is 0.0671. The Bertz CT molecular complexity index is 1560. The normalized spacial score (nSPS) is 18.6. The highest BCUT2D eigenvalue weighted by atomic mass is 32.2. The standard InChI is InChI=1S/C28H34N4O7S/c1-5-39-23(33)17-28(14-6-16-30-31-29)15-13-21-24(27(28)34)20-11-12-22(37-3)26(38-4)25(20)32(21)40(35,36)19-9-7-18(2)8-10-19/h7-12,27,34H,5-6,13-17H2,1-4H3/t27?,28-/m1/s1. The maximum Gasteiger partial charge on any atom is 0.306 e. The lowest BCUT2D eigenvalue weighted by molar-refractivity contribution is -0.149. The SMILES string of the molecule is CCOC(=O)C[C@@]1(CCCN=[N+]=[N-])CCc2c(c3ccc(OC)c(OC)c3n2S(=O)(=O)c2ccc(C)cc2)C1O. The predicted octanol–water partition coefficient (Wildman–Crippen LogP) is 5.21. The van der Waals surface area contributed by atoms with E-state index in [1.165, 1.54) is 18.2 Å². The van der Waals surface area contributed by atoms with Gasteiger partial charge in [-0.05, 0) is 69.3 Å². The molecule has 1 aliphatic carbocycles.